The Morgan fingerprint density at radius 3 is 1.87 bits per heavy atom. The first-order chi connectivity index (χ1) is 6.43. The maximum atomic E-state index is 6.26. The highest BCUT2D eigenvalue weighted by Gasteiger charge is 2.56. The SMILES string of the molecule is CC1(C)CC1C(O[Si](C)(C)C)C(Br)(Br)Br. The van der Waals surface area contributed by atoms with Crippen LogP contribution >= 0.6 is 47.8 Å². The molecule has 0 spiro atoms. The molecule has 1 aliphatic carbocycles. The molecule has 1 nitrogen and oxygen atoms in total. The van der Waals surface area contributed by atoms with Crippen LogP contribution in [0.25, 0.3) is 0 Å². The third kappa shape index (κ3) is 4.41. The van der Waals surface area contributed by atoms with Crippen LogP contribution in [0.4, 0.5) is 0 Å². The minimum atomic E-state index is -1.51. The van der Waals surface area contributed by atoms with E-state index in [1.54, 1.807) is 0 Å². The number of hydrogen-bond donors (Lipinski definition) is 0. The van der Waals surface area contributed by atoms with E-state index >= 15 is 0 Å². The van der Waals surface area contributed by atoms with Crippen molar-refractivity contribution in [1.29, 1.82) is 0 Å². The third-order valence-corrected chi connectivity index (χ3v) is 5.07. The monoisotopic (exact) mass is 420 g/mol. The average Bonchev–Trinajstić information content (AvgIpc) is 2.50. The summed E-state index contributed by atoms with van der Waals surface area (Å²) in [6.07, 6.45) is 1.44. The summed E-state index contributed by atoms with van der Waals surface area (Å²) < 4.78 is 5.97. The normalized spacial score (nSPS) is 27.6. The second-order valence-electron chi connectivity index (χ2n) is 5.99. The van der Waals surface area contributed by atoms with Gasteiger partial charge in [0.15, 0.2) is 10.5 Å². The lowest BCUT2D eigenvalue weighted by Crippen LogP contribution is -2.40. The van der Waals surface area contributed by atoms with Gasteiger partial charge in [-0.1, -0.05) is 61.6 Å². The predicted molar refractivity (Wildman–Crippen MR) is 79.6 cm³/mol. The van der Waals surface area contributed by atoms with Crippen LogP contribution in [0.3, 0.4) is 0 Å². The van der Waals surface area contributed by atoms with Gasteiger partial charge < -0.3 is 4.43 Å². The summed E-state index contributed by atoms with van der Waals surface area (Å²) in [5.74, 6) is 0.627. The van der Waals surface area contributed by atoms with Crippen molar-refractivity contribution < 1.29 is 4.43 Å². The fraction of sp³-hybridized carbons (Fsp3) is 1.00. The molecule has 0 aliphatic heterocycles. The van der Waals surface area contributed by atoms with Crippen molar-refractivity contribution in [2.45, 2.75) is 48.2 Å². The second-order valence-corrected chi connectivity index (χ2v) is 17.4. The summed E-state index contributed by atoms with van der Waals surface area (Å²) in [5.41, 5.74) is 0.422. The summed E-state index contributed by atoms with van der Waals surface area (Å²) in [6, 6.07) is 0. The fourth-order valence-electron chi connectivity index (χ4n) is 1.78. The summed E-state index contributed by atoms with van der Waals surface area (Å²) in [7, 11) is -1.51. The van der Waals surface area contributed by atoms with Crippen LogP contribution < -0.4 is 0 Å². The molecule has 90 valence electrons. The topological polar surface area (TPSA) is 9.23 Å². The zero-order chi connectivity index (χ0) is 12.1. The molecule has 2 unspecified atom stereocenters. The molecule has 5 heteroatoms. The van der Waals surface area contributed by atoms with Crippen molar-refractivity contribution in [2.75, 3.05) is 0 Å². The Labute approximate surface area is 119 Å². The summed E-state index contributed by atoms with van der Waals surface area (Å²) in [5, 5.41) is 0. The van der Waals surface area contributed by atoms with E-state index in [0.717, 1.165) is 0 Å². The minimum absolute atomic E-state index is 0.194. The summed E-state index contributed by atoms with van der Waals surface area (Å²) in [4.78, 5) is 0. The third-order valence-electron chi connectivity index (χ3n) is 2.76. The fourth-order valence-corrected chi connectivity index (χ4v) is 4.64. The number of hydrogen-bond acceptors (Lipinski definition) is 1. The van der Waals surface area contributed by atoms with Crippen molar-refractivity contribution in [3.8, 4) is 0 Å². The van der Waals surface area contributed by atoms with E-state index in [9.17, 15) is 0 Å². The largest absolute Gasteiger partial charge is 0.411 e. The van der Waals surface area contributed by atoms with Gasteiger partial charge >= 0.3 is 0 Å². The molecule has 0 radical (unpaired) electrons. The van der Waals surface area contributed by atoms with Gasteiger partial charge in [-0.3, -0.25) is 0 Å². The van der Waals surface area contributed by atoms with E-state index in [1.165, 1.54) is 6.42 Å². The Balaban J connectivity index is 2.73. The van der Waals surface area contributed by atoms with Gasteiger partial charge in [0.1, 0.15) is 0 Å². The van der Waals surface area contributed by atoms with E-state index in [0.29, 0.717) is 11.3 Å². The van der Waals surface area contributed by atoms with E-state index in [1.807, 2.05) is 0 Å². The van der Waals surface area contributed by atoms with Gasteiger partial charge in [0, 0.05) is 0 Å². The minimum Gasteiger partial charge on any atom is -0.411 e. The van der Waals surface area contributed by atoms with Crippen molar-refractivity contribution in [3.63, 3.8) is 0 Å². The summed E-state index contributed by atoms with van der Waals surface area (Å²) >= 11 is 10.9. The van der Waals surface area contributed by atoms with Crippen LogP contribution in [0.5, 0.6) is 0 Å². The Morgan fingerprint density at radius 2 is 1.67 bits per heavy atom. The van der Waals surface area contributed by atoms with E-state index in [4.69, 9.17) is 4.43 Å². The van der Waals surface area contributed by atoms with Gasteiger partial charge in [0.05, 0.1) is 6.10 Å². The molecule has 1 rings (SSSR count). The van der Waals surface area contributed by atoms with Crippen LogP contribution in [0, 0.1) is 11.3 Å². The molecule has 0 aromatic carbocycles. The molecule has 0 N–H and O–H groups in total. The van der Waals surface area contributed by atoms with Crippen molar-refractivity contribution in [3.05, 3.63) is 0 Å². The van der Waals surface area contributed by atoms with Crippen LogP contribution in [0.1, 0.15) is 20.3 Å². The predicted octanol–water partition coefficient (Wildman–Crippen LogP) is 5.09. The quantitative estimate of drug-likeness (QED) is 0.454. The molecule has 0 aromatic rings. The van der Waals surface area contributed by atoms with Crippen molar-refractivity contribution in [2.24, 2.45) is 11.3 Å². The van der Waals surface area contributed by atoms with Gasteiger partial charge in [-0.2, -0.15) is 0 Å². The molecular formula is C10H19Br3OSi. The lowest BCUT2D eigenvalue weighted by atomic mass is 10.1. The van der Waals surface area contributed by atoms with E-state index in [-0.39, 0.29) is 8.25 Å². The second kappa shape index (κ2) is 4.37. The molecule has 15 heavy (non-hydrogen) atoms. The highest BCUT2D eigenvalue weighted by atomic mass is 80.0. The van der Waals surface area contributed by atoms with E-state index < -0.39 is 8.32 Å². The molecule has 0 amide bonds. The first kappa shape index (κ1) is 14.7. The number of rotatable bonds is 3. The van der Waals surface area contributed by atoms with E-state index in [2.05, 4.69) is 81.3 Å². The van der Waals surface area contributed by atoms with Crippen LogP contribution in [0.2, 0.25) is 19.6 Å². The van der Waals surface area contributed by atoms with Gasteiger partial charge in [-0.25, -0.2) is 0 Å². The van der Waals surface area contributed by atoms with Crippen molar-refractivity contribution >= 4 is 56.1 Å². The Bertz CT molecular complexity index is 242. The molecular weight excluding hydrogens is 404 g/mol. The molecule has 0 aromatic heterocycles. The standard InChI is InChI=1S/C10H19Br3OSi/c1-9(2)6-7(9)8(10(11,12)13)14-15(3,4)5/h7-8H,6H2,1-5H3. The molecule has 0 saturated heterocycles. The van der Waals surface area contributed by atoms with Gasteiger partial charge in [-0.05, 0) is 37.4 Å². The van der Waals surface area contributed by atoms with Crippen LogP contribution in [0.15, 0.2) is 0 Å². The highest BCUT2D eigenvalue weighted by molar-refractivity contribution is 9.39. The number of halogens is 3. The smallest absolute Gasteiger partial charge is 0.184 e. The van der Waals surface area contributed by atoms with Gasteiger partial charge in [0.2, 0.25) is 0 Å². The van der Waals surface area contributed by atoms with Crippen LogP contribution in [-0.2, 0) is 4.43 Å². The molecule has 0 heterocycles. The molecule has 0 bridgehead atoms. The highest BCUT2D eigenvalue weighted by Crippen LogP contribution is 2.60. The zero-order valence-electron chi connectivity index (χ0n) is 9.90. The number of alkyl halides is 3. The van der Waals surface area contributed by atoms with Crippen LogP contribution in [-0.4, -0.2) is 16.6 Å². The Hall–Kier alpha value is 1.62. The maximum Gasteiger partial charge on any atom is 0.184 e. The Morgan fingerprint density at radius 1 is 1.27 bits per heavy atom. The maximum absolute atomic E-state index is 6.26. The molecule has 1 aliphatic rings. The van der Waals surface area contributed by atoms with Crippen molar-refractivity contribution in [1.82, 2.24) is 0 Å². The van der Waals surface area contributed by atoms with Gasteiger partial charge in [-0.15, -0.1) is 0 Å². The lowest BCUT2D eigenvalue weighted by molar-refractivity contribution is 0.169. The molecule has 2 atom stereocenters. The molecule has 1 saturated carbocycles. The Kier molecular flexibility index (Phi) is 4.28. The molecule has 1 fully saturated rings. The first-order valence-corrected chi connectivity index (χ1v) is 11.0. The lowest BCUT2D eigenvalue weighted by Gasteiger charge is -2.33. The van der Waals surface area contributed by atoms with Gasteiger partial charge in [0.25, 0.3) is 0 Å². The first-order valence-electron chi connectivity index (χ1n) is 5.18. The zero-order valence-corrected chi connectivity index (χ0v) is 15.7. The summed E-state index contributed by atoms with van der Waals surface area (Å²) in [6.45, 7) is 11.3. The average molecular weight is 423 g/mol.